The van der Waals surface area contributed by atoms with Gasteiger partial charge in [0.15, 0.2) is 0 Å². The van der Waals surface area contributed by atoms with Crippen LogP contribution in [0, 0.1) is 11.8 Å². The predicted octanol–water partition coefficient (Wildman–Crippen LogP) is 4.53. The van der Waals surface area contributed by atoms with E-state index >= 15 is 0 Å². The lowest BCUT2D eigenvalue weighted by molar-refractivity contribution is 0.0755. The van der Waals surface area contributed by atoms with Gasteiger partial charge >= 0.3 is 0 Å². The number of nitrogens with zero attached hydrogens (tertiary/aromatic N) is 1. The molecule has 26 heavy (non-hydrogen) atoms. The second kappa shape index (κ2) is 9.27. The van der Waals surface area contributed by atoms with Crippen molar-refractivity contribution < 1.29 is 4.79 Å². The van der Waals surface area contributed by atoms with Gasteiger partial charge in [-0.25, -0.2) is 0 Å². The fourth-order valence-electron chi connectivity index (χ4n) is 3.90. The number of thiophene rings is 1. The van der Waals surface area contributed by atoms with Crippen molar-refractivity contribution in [1.82, 2.24) is 10.2 Å². The van der Waals surface area contributed by atoms with Gasteiger partial charge in [0.2, 0.25) is 0 Å². The number of benzene rings is 1. The molecule has 2 saturated heterocycles. The Labute approximate surface area is 170 Å². The van der Waals surface area contributed by atoms with E-state index in [1.165, 1.54) is 4.88 Å². The first-order valence-electron chi connectivity index (χ1n) is 9.05. The molecule has 0 saturated carbocycles. The van der Waals surface area contributed by atoms with Crippen molar-refractivity contribution in [1.29, 1.82) is 0 Å². The fraction of sp³-hybridized carbons (Fsp3) is 0.450. The van der Waals surface area contributed by atoms with Gasteiger partial charge in [-0.1, -0.05) is 18.2 Å². The third-order valence-corrected chi connectivity index (χ3v) is 7.56. The van der Waals surface area contributed by atoms with Crippen molar-refractivity contribution in [3.8, 4) is 0 Å². The molecule has 1 amide bonds. The first-order valence-corrected chi connectivity index (χ1v) is 10.9. The average molecular weight is 409 g/mol. The van der Waals surface area contributed by atoms with Crippen LogP contribution >= 0.6 is 35.5 Å². The third-order valence-electron chi connectivity index (χ3n) is 5.37. The molecule has 0 aliphatic carbocycles. The smallest absolute Gasteiger partial charge is 0.254 e. The third kappa shape index (κ3) is 4.45. The zero-order valence-corrected chi connectivity index (χ0v) is 17.2. The minimum Gasteiger partial charge on any atom is -0.339 e. The van der Waals surface area contributed by atoms with Crippen molar-refractivity contribution in [3.63, 3.8) is 0 Å². The molecule has 3 nitrogen and oxygen atoms in total. The molecule has 2 atom stereocenters. The number of nitrogens with one attached hydrogen (secondary N) is 1. The molecule has 2 aliphatic heterocycles. The average Bonchev–Trinajstić information content (AvgIpc) is 3.28. The molecule has 2 fully saturated rings. The molecule has 0 unspecified atom stereocenters. The molecule has 1 aromatic carbocycles. The predicted molar refractivity (Wildman–Crippen MR) is 113 cm³/mol. The molecule has 0 spiro atoms. The van der Waals surface area contributed by atoms with Crippen molar-refractivity contribution >= 4 is 41.4 Å². The van der Waals surface area contributed by atoms with E-state index in [-0.39, 0.29) is 18.3 Å². The Hall–Kier alpha value is -1.01. The van der Waals surface area contributed by atoms with Crippen LogP contribution in [0.3, 0.4) is 0 Å². The second-order valence-corrected chi connectivity index (χ2v) is 8.96. The maximum absolute atomic E-state index is 13.2. The molecule has 0 bridgehead atoms. The second-order valence-electron chi connectivity index (χ2n) is 6.91. The molecule has 1 aromatic heterocycles. The number of fused-ring (bicyclic) bond motifs is 1. The lowest BCUT2D eigenvalue weighted by Gasteiger charge is -2.22. The highest BCUT2D eigenvalue weighted by atomic mass is 35.5. The topological polar surface area (TPSA) is 32.3 Å². The molecule has 1 N–H and O–H groups in total. The van der Waals surface area contributed by atoms with Crippen LogP contribution in [0.2, 0.25) is 0 Å². The Kier molecular flexibility index (Phi) is 7.04. The van der Waals surface area contributed by atoms with Crippen molar-refractivity contribution in [2.24, 2.45) is 11.8 Å². The van der Waals surface area contributed by atoms with Gasteiger partial charge in [0, 0.05) is 28.6 Å². The molecule has 4 rings (SSSR count). The van der Waals surface area contributed by atoms with Gasteiger partial charge in [0.1, 0.15) is 0 Å². The summed E-state index contributed by atoms with van der Waals surface area (Å²) in [6, 6.07) is 12.3. The highest BCUT2D eigenvalue weighted by Crippen LogP contribution is 2.31. The zero-order valence-electron chi connectivity index (χ0n) is 14.7. The van der Waals surface area contributed by atoms with Crippen LogP contribution in [-0.2, 0) is 5.75 Å². The monoisotopic (exact) mass is 408 g/mol. The van der Waals surface area contributed by atoms with Gasteiger partial charge in [0.05, 0.1) is 5.56 Å². The highest BCUT2D eigenvalue weighted by molar-refractivity contribution is 7.98. The number of hydrogen-bond donors (Lipinski definition) is 1. The lowest BCUT2D eigenvalue weighted by atomic mass is 9.92. The van der Waals surface area contributed by atoms with E-state index in [9.17, 15) is 4.79 Å². The van der Waals surface area contributed by atoms with Crippen molar-refractivity contribution in [2.75, 3.05) is 26.2 Å². The van der Waals surface area contributed by atoms with Crippen LogP contribution in [0.1, 0.15) is 28.1 Å². The summed E-state index contributed by atoms with van der Waals surface area (Å²) in [5.74, 6) is 2.64. The molecule has 2 aliphatic rings. The minimum absolute atomic E-state index is 0. The number of halogens is 1. The Morgan fingerprint density at radius 3 is 2.54 bits per heavy atom. The molecule has 2 aromatic rings. The summed E-state index contributed by atoms with van der Waals surface area (Å²) in [7, 11) is 0. The summed E-state index contributed by atoms with van der Waals surface area (Å²) in [5.41, 5.74) is 0.870. The Bertz CT molecular complexity index is 708. The molecule has 140 valence electrons. The molecular formula is C20H25ClN2OS2. The number of carbonyl (C=O) groups is 1. The molecule has 6 heteroatoms. The van der Waals surface area contributed by atoms with Gasteiger partial charge in [-0.3, -0.25) is 4.79 Å². The molecule has 3 heterocycles. The Morgan fingerprint density at radius 1 is 1.12 bits per heavy atom. The van der Waals surface area contributed by atoms with E-state index in [0.717, 1.165) is 67.1 Å². The van der Waals surface area contributed by atoms with E-state index in [0.29, 0.717) is 0 Å². The largest absolute Gasteiger partial charge is 0.339 e. The Balaban J connectivity index is 0.00000196. The maximum Gasteiger partial charge on any atom is 0.254 e. The van der Waals surface area contributed by atoms with Crippen molar-refractivity contribution in [3.05, 3.63) is 52.2 Å². The summed E-state index contributed by atoms with van der Waals surface area (Å²) in [5, 5.41) is 5.61. The van der Waals surface area contributed by atoms with Gasteiger partial charge in [0.25, 0.3) is 5.91 Å². The summed E-state index contributed by atoms with van der Waals surface area (Å²) in [6.45, 7) is 4.04. The van der Waals surface area contributed by atoms with E-state index < -0.39 is 0 Å². The normalized spacial score (nSPS) is 22.4. The van der Waals surface area contributed by atoms with E-state index in [2.05, 4.69) is 33.8 Å². The van der Waals surface area contributed by atoms with E-state index in [1.807, 2.05) is 18.2 Å². The van der Waals surface area contributed by atoms with Crippen LogP contribution in [0.25, 0.3) is 0 Å². The van der Waals surface area contributed by atoms with Crippen LogP contribution < -0.4 is 5.32 Å². The standard InChI is InChI=1S/C20H24N2OS2.ClH/c23-20(22-9-7-15-12-21-13-16(15)8-10-22)18-5-1-2-6-19(18)25-14-17-4-3-11-24-17;/h1-6,11,15-16,21H,7-10,12-14H2;1H/t15-,16+;. The summed E-state index contributed by atoms with van der Waals surface area (Å²) in [4.78, 5) is 17.7. The first kappa shape index (κ1) is 19.7. The van der Waals surface area contributed by atoms with Crippen molar-refractivity contribution in [2.45, 2.75) is 23.5 Å². The van der Waals surface area contributed by atoms with Crippen LogP contribution in [0.4, 0.5) is 0 Å². The number of carbonyl (C=O) groups excluding carboxylic acids is 1. The number of amides is 1. The summed E-state index contributed by atoms with van der Waals surface area (Å²) >= 11 is 3.55. The van der Waals surface area contributed by atoms with Gasteiger partial charge in [-0.2, -0.15) is 0 Å². The van der Waals surface area contributed by atoms with Gasteiger partial charge in [-0.05, 0) is 61.3 Å². The quantitative estimate of drug-likeness (QED) is 0.754. The number of hydrogen-bond acceptors (Lipinski definition) is 4. The highest BCUT2D eigenvalue weighted by Gasteiger charge is 2.32. The fourth-order valence-corrected chi connectivity index (χ4v) is 5.72. The Morgan fingerprint density at radius 2 is 1.85 bits per heavy atom. The number of thioether (sulfide) groups is 1. The summed E-state index contributed by atoms with van der Waals surface area (Å²) in [6.07, 6.45) is 2.27. The summed E-state index contributed by atoms with van der Waals surface area (Å²) < 4.78 is 0. The SMILES string of the molecule is Cl.O=C(c1ccccc1SCc1cccs1)N1CC[C@@H]2CNC[C@@H]2CC1. The van der Waals surface area contributed by atoms with Crippen LogP contribution in [0.5, 0.6) is 0 Å². The van der Waals surface area contributed by atoms with Crippen LogP contribution in [-0.4, -0.2) is 37.0 Å². The molecule has 0 radical (unpaired) electrons. The number of likely N-dealkylation sites (tertiary alicyclic amines) is 1. The van der Waals surface area contributed by atoms with Gasteiger partial charge in [-0.15, -0.1) is 35.5 Å². The van der Waals surface area contributed by atoms with E-state index in [1.54, 1.807) is 23.1 Å². The lowest BCUT2D eigenvalue weighted by Crippen LogP contribution is -2.33. The van der Waals surface area contributed by atoms with Crippen LogP contribution in [0.15, 0.2) is 46.7 Å². The number of rotatable bonds is 4. The maximum atomic E-state index is 13.2. The zero-order chi connectivity index (χ0) is 17.1. The van der Waals surface area contributed by atoms with Gasteiger partial charge < -0.3 is 10.2 Å². The minimum atomic E-state index is 0. The first-order chi connectivity index (χ1) is 12.3. The van der Waals surface area contributed by atoms with E-state index in [4.69, 9.17) is 0 Å². The molecular weight excluding hydrogens is 384 g/mol.